The van der Waals surface area contributed by atoms with E-state index in [-0.39, 0.29) is 23.9 Å². The van der Waals surface area contributed by atoms with Gasteiger partial charge in [-0.1, -0.05) is 45.1 Å². The number of carbonyl (C=O) groups is 2. The minimum Gasteiger partial charge on any atom is -0.465 e. The highest BCUT2D eigenvalue weighted by Gasteiger charge is 2.67. The molecule has 2 bridgehead atoms. The molecule has 138 valence electrons. The summed E-state index contributed by atoms with van der Waals surface area (Å²) in [6.07, 6.45) is 4.48. The van der Waals surface area contributed by atoms with Crippen LogP contribution in [-0.2, 0) is 25.5 Å². The summed E-state index contributed by atoms with van der Waals surface area (Å²) in [6, 6.07) is 8.02. The van der Waals surface area contributed by atoms with Crippen molar-refractivity contribution < 1.29 is 19.1 Å². The summed E-state index contributed by atoms with van der Waals surface area (Å²) in [5.41, 5.74) is 1.38. The highest BCUT2D eigenvalue weighted by molar-refractivity contribution is 6.02. The number of benzene rings is 1. The Morgan fingerprint density at radius 3 is 2.73 bits per heavy atom. The molecule has 4 rings (SSSR count). The lowest BCUT2D eigenvalue weighted by Crippen LogP contribution is -2.40. The SMILES string of the molecule is CCc1ccc(N2C[C@]34C=C[C@@H](O3)[C@@H](C(=O)OCC(C)C)[C@@H]4C2=O)cc1. The molecule has 1 amide bonds. The van der Waals surface area contributed by atoms with E-state index in [0.29, 0.717) is 13.2 Å². The highest BCUT2D eigenvalue weighted by Crippen LogP contribution is 2.52. The Morgan fingerprint density at radius 1 is 1.35 bits per heavy atom. The molecule has 3 aliphatic rings. The molecule has 0 saturated carbocycles. The van der Waals surface area contributed by atoms with E-state index in [9.17, 15) is 9.59 Å². The fourth-order valence-corrected chi connectivity index (χ4v) is 4.24. The quantitative estimate of drug-likeness (QED) is 0.602. The Kier molecular flexibility index (Phi) is 4.14. The van der Waals surface area contributed by atoms with Gasteiger partial charge < -0.3 is 14.4 Å². The maximum absolute atomic E-state index is 13.2. The van der Waals surface area contributed by atoms with Gasteiger partial charge in [-0.05, 0) is 30.0 Å². The molecule has 2 saturated heterocycles. The Morgan fingerprint density at radius 2 is 2.08 bits per heavy atom. The Balaban J connectivity index is 1.59. The summed E-state index contributed by atoms with van der Waals surface area (Å²) < 4.78 is 11.6. The van der Waals surface area contributed by atoms with Crippen LogP contribution in [0.25, 0.3) is 0 Å². The molecule has 26 heavy (non-hydrogen) atoms. The lowest BCUT2D eigenvalue weighted by molar-refractivity contribution is -0.153. The van der Waals surface area contributed by atoms with E-state index in [4.69, 9.17) is 9.47 Å². The van der Waals surface area contributed by atoms with Crippen molar-refractivity contribution in [3.05, 3.63) is 42.0 Å². The van der Waals surface area contributed by atoms with Crippen LogP contribution in [0.5, 0.6) is 0 Å². The minimum atomic E-state index is -0.702. The number of carbonyl (C=O) groups excluding carboxylic acids is 2. The van der Waals surface area contributed by atoms with Crippen LogP contribution in [0.1, 0.15) is 26.3 Å². The van der Waals surface area contributed by atoms with Gasteiger partial charge in [-0.25, -0.2) is 0 Å². The first-order valence-corrected chi connectivity index (χ1v) is 9.39. The summed E-state index contributed by atoms with van der Waals surface area (Å²) >= 11 is 0. The zero-order chi connectivity index (χ0) is 18.5. The van der Waals surface area contributed by atoms with Crippen molar-refractivity contribution in [3.63, 3.8) is 0 Å². The molecule has 5 heteroatoms. The van der Waals surface area contributed by atoms with Crippen LogP contribution >= 0.6 is 0 Å². The lowest BCUT2D eigenvalue weighted by Gasteiger charge is -2.23. The lowest BCUT2D eigenvalue weighted by atomic mass is 9.77. The fraction of sp³-hybridized carbons (Fsp3) is 0.524. The van der Waals surface area contributed by atoms with Crippen molar-refractivity contribution in [2.24, 2.45) is 17.8 Å². The summed E-state index contributed by atoms with van der Waals surface area (Å²) in [7, 11) is 0. The zero-order valence-electron chi connectivity index (χ0n) is 15.5. The van der Waals surface area contributed by atoms with Crippen LogP contribution < -0.4 is 4.90 Å². The second-order valence-electron chi connectivity index (χ2n) is 7.87. The summed E-state index contributed by atoms with van der Waals surface area (Å²) in [4.78, 5) is 27.6. The molecule has 0 unspecified atom stereocenters. The molecule has 0 aliphatic carbocycles. The number of amides is 1. The second-order valence-corrected chi connectivity index (χ2v) is 7.87. The predicted octanol–water partition coefficient (Wildman–Crippen LogP) is 2.73. The van der Waals surface area contributed by atoms with Crippen molar-refractivity contribution >= 4 is 17.6 Å². The highest BCUT2D eigenvalue weighted by atomic mass is 16.6. The van der Waals surface area contributed by atoms with Crippen LogP contribution in [0.4, 0.5) is 5.69 Å². The maximum Gasteiger partial charge on any atom is 0.312 e. The summed E-state index contributed by atoms with van der Waals surface area (Å²) in [5, 5.41) is 0. The second kappa shape index (κ2) is 6.23. The topological polar surface area (TPSA) is 55.8 Å². The molecule has 0 aromatic heterocycles. The molecule has 3 aliphatic heterocycles. The van der Waals surface area contributed by atoms with Crippen molar-refractivity contribution in [3.8, 4) is 0 Å². The molecule has 0 radical (unpaired) electrons. The zero-order valence-corrected chi connectivity index (χ0v) is 15.5. The van der Waals surface area contributed by atoms with Gasteiger partial charge in [0.15, 0.2) is 0 Å². The number of ether oxygens (including phenoxy) is 2. The molecule has 1 spiro atoms. The fourth-order valence-electron chi connectivity index (χ4n) is 4.24. The largest absolute Gasteiger partial charge is 0.465 e. The summed E-state index contributed by atoms with van der Waals surface area (Å²) in [6.45, 7) is 6.90. The number of fused-ring (bicyclic) bond motifs is 1. The Bertz CT molecular complexity index is 754. The van der Waals surface area contributed by atoms with Gasteiger partial charge in [-0.2, -0.15) is 0 Å². The average Bonchev–Trinajstić information content (AvgIpc) is 3.28. The van der Waals surface area contributed by atoms with E-state index >= 15 is 0 Å². The first-order valence-electron chi connectivity index (χ1n) is 9.39. The first kappa shape index (κ1) is 17.3. The van der Waals surface area contributed by atoms with Crippen LogP contribution in [0.2, 0.25) is 0 Å². The van der Waals surface area contributed by atoms with Crippen LogP contribution in [0.3, 0.4) is 0 Å². The van der Waals surface area contributed by atoms with Gasteiger partial charge in [0.1, 0.15) is 11.5 Å². The smallest absolute Gasteiger partial charge is 0.312 e. The van der Waals surface area contributed by atoms with Crippen molar-refractivity contribution in [1.82, 2.24) is 0 Å². The van der Waals surface area contributed by atoms with E-state index in [1.165, 1.54) is 5.56 Å². The van der Waals surface area contributed by atoms with E-state index < -0.39 is 17.4 Å². The normalized spacial score (nSPS) is 31.8. The van der Waals surface area contributed by atoms with Gasteiger partial charge in [-0.3, -0.25) is 9.59 Å². The van der Waals surface area contributed by atoms with Crippen LogP contribution in [-0.4, -0.2) is 36.7 Å². The average molecular weight is 355 g/mol. The molecule has 3 heterocycles. The van der Waals surface area contributed by atoms with Gasteiger partial charge >= 0.3 is 5.97 Å². The van der Waals surface area contributed by atoms with Crippen LogP contribution in [0.15, 0.2) is 36.4 Å². The number of rotatable bonds is 5. The number of hydrogen-bond donors (Lipinski definition) is 0. The molecule has 1 aromatic carbocycles. The van der Waals surface area contributed by atoms with Gasteiger partial charge in [0.2, 0.25) is 5.91 Å². The molecular weight excluding hydrogens is 330 g/mol. The number of nitrogens with zero attached hydrogens (tertiary/aromatic N) is 1. The number of aryl methyl sites for hydroxylation is 1. The molecule has 4 atom stereocenters. The molecule has 1 aromatic rings. The number of hydrogen-bond acceptors (Lipinski definition) is 4. The molecule has 5 nitrogen and oxygen atoms in total. The maximum atomic E-state index is 13.2. The van der Waals surface area contributed by atoms with E-state index in [1.54, 1.807) is 4.90 Å². The predicted molar refractivity (Wildman–Crippen MR) is 97.7 cm³/mol. The van der Waals surface area contributed by atoms with E-state index in [2.05, 4.69) is 6.92 Å². The number of esters is 1. The van der Waals surface area contributed by atoms with Gasteiger partial charge in [0.05, 0.1) is 25.2 Å². The third-order valence-corrected chi connectivity index (χ3v) is 5.59. The van der Waals surface area contributed by atoms with Gasteiger partial charge in [0.25, 0.3) is 0 Å². The standard InChI is InChI=1S/C21H25NO4/c1-4-14-5-7-15(8-6-14)22-12-21-10-9-16(26-21)17(18(21)19(22)23)20(24)25-11-13(2)3/h5-10,13,16-18H,4,11-12H2,1-3H3/t16-,17-,18-,21+/m1/s1. The molecular formula is C21H25NO4. The van der Waals surface area contributed by atoms with Crippen molar-refractivity contribution in [1.29, 1.82) is 0 Å². The monoisotopic (exact) mass is 355 g/mol. The number of anilines is 1. The van der Waals surface area contributed by atoms with Gasteiger partial charge in [0, 0.05) is 5.69 Å². The summed E-state index contributed by atoms with van der Waals surface area (Å²) in [5.74, 6) is -1.16. The van der Waals surface area contributed by atoms with Crippen molar-refractivity contribution in [2.75, 3.05) is 18.1 Å². The Hall–Kier alpha value is -2.14. The van der Waals surface area contributed by atoms with Gasteiger partial charge in [-0.15, -0.1) is 0 Å². The van der Waals surface area contributed by atoms with Crippen LogP contribution in [0, 0.1) is 17.8 Å². The first-order chi connectivity index (χ1) is 12.4. The van der Waals surface area contributed by atoms with Crippen molar-refractivity contribution in [2.45, 2.75) is 38.9 Å². The van der Waals surface area contributed by atoms with E-state index in [1.807, 2.05) is 50.3 Å². The Labute approximate surface area is 154 Å². The minimum absolute atomic E-state index is 0.0485. The third kappa shape index (κ3) is 2.57. The molecule has 2 fully saturated rings. The molecule has 0 N–H and O–H groups in total. The third-order valence-electron chi connectivity index (χ3n) is 5.59. The van der Waals surface area contributed by atoms with E-state index in [0.717, 1.165) is 12.1 Å².